The standard InChI is InChI=1S/C26H10Br2N2O2S/c27-13-1-5-17-11(7-13)9-19-15-3-4-16-20-10-12-8-14(28)2-6-18(12)30(20)26(32)24-22(16)21(15)23(33-24)25(31)29(17)19/h1-10H. The molecule has 156 valence electrons. The van der Waals surface area contributed by atoms with E-state index in [9.17, 15) is 9.59 Å². The molecule has 8 aromatic rings. The minimum atomic E-state index is -0.0682. The minimum Gasteiger partial charge on any atom is -0.275 e. The third kappa shape index (κ3) is 2.11. The highest BCUT2D eigenvalue weighted by molar-refractivity contribution is 9.10. The molecular weight excluding hydrogens is 564 g/mol. The maximum atomic E-state index is 13.7. The Morgan fingerprint density at radius 1 is 0.576 bits per heavy atom. The fourth-order valence-corrected chi connectivity index (χ4v) is 7.36. The highest BCUT2D eigenvalue weighted by Crippen LogP contribution is 2.42. The molecule has 0 aliphatic carbocycles. The molecule has 3 aromatic carbocycles. The summed E-state index contributed by atoms with van der Waals surface area (Å²) in [6, 6.07) is 20.2. The van der Waals surface area contributed by atoms with E-state index < -0.39 is 0 Å². The normalized spacial score (nSPS) is 12.8. The SMILES string of the molecule is O=c1c2sc3c(=O)n4c5ccc(Br)cc5cc4c4ccc(c2c34)c2cc3cc(Br)ccc3n12. The van der Waals surface area contributed by atoms with Crippen molar-refractivity contribution in [3.8, 4) is 0 Å². The zero-order valence-corrected chi connectivity index (χ0v) is 20.6. The summed E-state index contributed by atoms with van der Waals surface area (Å²) in [6.45, 7) is 0. The summed E-state index contributed by atoms with van der Waals surface area (Å²) in [5.74, 6) is 0. The molecule has 0 saturated heterocycles. The largest absolute Gasteiger partial charge is 0.275 e. The summed E-state index contributed by atoms with van der Waals surface area (Å²) >= 11 is 8.38. The van der Waals surface area contributed by atoms with Crippen LogP contribution in [0.5, 0.6) is 0 Å². The lowest BCUT2D eigenvalue weighted by Gasteiger charge is -2.06. The molecule has 0 radical (unpaired) electrons. The van der Waals surface area contributed by atoms with Gasteiger partial charge in [0.25, 0.3) is 11.1 Å². The van der Waals surface area contributed by atoms with Crippen molar-refractivity contribution in [2.24, 2.45) is 0 Å². The van der Waals surface area contributed by atoms with E-state index in [4.69, 9.17) is 0 Å². The Balaban J connectivity index is 1.68. The fourth-order valence-electron chi connectivity index (χ4n) is 5.42. The molecule has 4 nitrogen and oxygen atoms in total. The van der Waals surface area contributed by atoms with Gasteiger partial charge in [0.1, 0.15) is 9.40 Å². The summed E-state index contributed by atoms with van der Waals surface area (Å²) in [4.78, 5) is 27.4. The summed E-state index contributed by atoms with van der Waals surface area (Å²) in [5, 5.41) is 5.82. The molecule has 5 aromatic heterocycles. The maximum Gasteiger partial charge on any atom is 0.273 e. The highest BCUT2D eigenvalue weighted by Gasteiger charge is 2.23. The third-order valence-corrected chi connectivity index (χ3v) is 8.89. The van der Waals surface area contributed by atoms with Crippen molar-refractivity contribution in [1.29, 1.82) is 0 Å². The number of rotatable bonds is 0. The van der Waals surface area contributed by atoms with Gasteiger partial charge in [-0.1, -0.05) is 44.0 Å². The molecular formula is C26H10Br2N2O2S. The first-order valence-corrected chi connectivity index (χ1v) is 12.7. The quantitative estimate of drug-likeness (QED) is 0.181. The number of aromatic nitrogens is 2. The lowest BCUT2D eigenvalue weighted by Crippen LogP contribution is -2.11. The summed E-state index contributed by atoms with van der Waals surface area (Å²) < 4.78 is 6.79. The van der Waals surface area contributed by atoms with Gasteiger partial charge in [-0.05, 0) is 48.5 Å². The van der Waals surface area contributed by atoms with E-state index in [0.29, 0.717) is 9.40 Å². The summed E-state index contributed by atoms with van der Waals surface area (Å²) in [5.41, 5.74) is 3.36. The molecule has 0 amide bonds. The molecule has 0 unspecified atom stereocenters. The molecule has 0 spiro atoms. The zero-order chi connectivity index (χ0) is 22.2. The van der Waals surface area contributed by atoms with Crippen LogP contribution < -0.4 is 11.1 Å². The Hall–Kier alpha value is -3.00. The van der Waals surface area contributed by atoms with Crippen LogP contribution in [0.25, 0.3) is 63.8 Å². The van der Waals surface area contributed by atoms with Gasteiger partial charge in [-0.3, -0.25) is 18.4 Å². The lowest BCUT2D eigenvalue weighted by atomic mass is 10.0. The summed E-state index contributed by atoms with van der Waals surface area (Å²) in [6.07, 6.45) is 0. The number of pyridine rings is 2. The first kappa shape index (κ1) is 18.4. The molecule has 7 heteroatoms. The Labute approximate surface area is 205 Å². The van der Waals surface area contributed by atoms with Gasteiger partial charge in [-0.2, -0.15) is 0 Å². The molecule has 0 aliphatic heterocycles. The van der Waals surface area contributed by atoms with E-state index in [1.54, 1.807) is 8.80 Å². The average Bonchev–Trinajstić information content (AvgIpc) is 3.48. The first-order valence-electron chi connectivity index (χ1n) is 10.3. The number of halogens is 2. The number of fused-ring (bicyclic) bond motifs is 8. The number of nitrogens with zero attached hydrogens (tertiary/aromatic N) is 2. The molecule has 33 heavy (non-hydrogen) atoms. The molecule has 0 bridgehead atoms. The van der Waals surface area contributed by atoms with Crippen LogP contribution in [0.2, 0.25) is 0 Å². The first-order chi connectivity index (χ1) is 16.0. The van der Waals surface area contributed by atoms with Crippen LogP contribution in [0.15, 0.2) is 79.2 Å². The number of thiophene rings is 1. The van der Waals surface area contributed by atoms with E-state index in [0.717, 1.165) is 63.3 Å². The van der Waals surface area contributed by atoms with E-state index in [-0.39, 0.29) is 11.1 Å². The highest BCUT2D eigenvalue weighted by atomic mass is 79.9. The molecule has 0 atom stereocenters. The average molecular weight is 574 g/mol. The van der Waals surface area contributed by atoms with Crippen LogP contribution in [0.3, 0.4) is 0 Å². The zero-order valence-electron chi connectivity index (χ0n) is 16.6. The Bertz CT molecular complexity index is 2100. The van der Waals surface area contributed by atoms with Crippen molar-refractivity contribution in [1.82, 2.24) is 8.80 Å². The Morgan fingerprint density at radius 3 is 1.48 bits per heavy atom. The second kappa shape index (κ2) is 5.91. The van der Waals surface area contributed by atoms with Crippen molar-refractivity contribution >= 4 is 107 Å². The monoisotopic (exact) mass is 572 g/mol. The van der Waals surface area contributed by atoms with Crippen LogP contribution in [0, 0.1) is 0 Å². The van der Waals surface area contributed by atoms with E-state index in [1.165, 1.54) is 11.3 Å². The van der Waals surface area contributed by atoms with Gasteiger partial charge in [-0.25, -0.2) is 0 Å². The second-order valence-electron chi connectivity index (χ2n) is 8.42. The third-order valence-electron chi connectivity index (χ3n) is 6.74. The second-order valence-corrected chi connectivity index (χ2v) is 11.3. The number of benzene rings is 3. The predicted molar refractivity (Wildman–Crippen MR) is 144 cm³/mol. The van der Waals surface area contributed by atoms with Crippen LogP contribution in [-0.4, -0.2) is 8.80 Å². The van der Waals surface area contributed by atoms with Crippen molar-refractivity contribution in [2.45, 2.75) is 0 Å². The van der Waals surface area contributed by atoms with Crippen molar-refractivity contribution in [3.05, 3.63) is 90.3 Å². The van der Waals surface area contributed by atoms with Crippen molar-refractivity contribution in [2.75, 3.05) is 0 Å². The van der Waals surface area contributed by atoms with Gasteiger partial charge in [0, 0.05) is 41.3 Å². The smallest absolute Gasteiger partial charge is 0.273 e. The lowest BCUT2D eigenvalue weighted by molar-refractivity contribution is 1.21. The van der Waals surface area contributed by atoms with Crippen LogP contribution >= 0.6 is 43.2 Å². The minimum absolute atomic E-state index is 0.0682. The molecule has 8 rings (SSSR count). The van der Waals surface area contributed by atoms with Crippen molar-refractivity contribution in [3.63, 3.8) is 0 Å². The molecule has 0 saturated carbocycles. The van der Waals surface area contributed by atoms with Crippen LogP contribution in [-0.2, 0) is 0 Å². The van der Waals surface area contributed by atoms with E-state index in [2.05, 4.69) is 56.1 Å². The Kier molecular flexibility index (Phi) is 3.30. The molecule has 5 heterocycles. The topological polar surface area (TPSA) is 43.0 Å². The number of hydrogen-bond donors (Lipinski definition) is 0. The van der Waals surface area contributed by atoms with Crippen LogP contribution in [0.1, 0.15) is 0 Å². The molecule has 0 fully saturated rings. The van der Waals surface area contributed by atoms with Gasteiger partial charge in [0.05, 0.1) is 22.1 Å². The molecule has 0 aliphatic rings. The van der Waals surface area contributed by atoms with E-state index >= 15 is 0 Å². The van der Waals surface area contributed by atoms with E-state index in [1.807, 2.05) is 36.4 Å². The number of hydrogen-bond acceptors (Lipinski definition) is 3. The maximum absolute atomic E-state index is 13.7. The van der Waals surface area contributed by atoms with Gasteiger partial charge in [0.2, 0.25) is 0 Å². The van der Waals surface area contributed by atoms with Gasteiger partial charge < -0.3 is 0 Å². The molecule has 0 N–H and O–H groups in total. The fraction of sp³-hybridized carbons (Fsp3) is 0. The summed E-state index contributed by atoms with van der Waals surface area (Å²) in [7, 11) is 0. The predicted octanol–water partition coefficient (Wildman–Crippen LogP) is 7.14. The van der Waals surface area contributed by atoms with Gasteiger partial charge in [-0.15, -0.1) is 11.3 Å². The van der Waals surface area contributed by atoms with Gasteiger partial charge >= 0.3 is 0 Å². The van der Waals surface area contributed by atoms with Crippen LogP contribution in [0.4, 0.5) is 0 Å². The Morgan fingerprint density at radius 2 is 1.03 bits per heavy atom. The van der Waals surface area contributed by atoms with Gasteiger partial charge in [0.15, 0.2) is 0 Å². The van der Waals surface area contributed by atoms with Crippen molar-refractivity contribution < 1.29 is 0 Å².